The minimum Gasteiger partial charge on any atom is -0.462 e. The molecule has 1 aromatic rings. The summed E-state index contributed by atoms with van der Waals surface area (Å²) in [6.45, 7) is 1.87. The highest BCUT2D eigenvalue weighted by Gasteiger charge is 2.32. The van der Waals surface area contributed by atoms with Crippen molar-refractivity contribution in [1.29, 1.82) is 0 Å². The van der Waals surface area contributed by atoms with Crippen LogP contribution in [0.3, 0.4) is 0 Å². The van der Waals surface area contributed by atoms with Gasteiger partial charge in [-0.2, -0.15) is 0 Å². The Morgan fingerprint density at radius 2 is 2.14 bits per heavy atom. The van der Waals surface area contributed by atoms with Gasteiger partial charge in [-0.1, -0.05) is 16.8 Å². The van der Waals surface area contributed by atoms with E-state index < -0.39 is 15.8 Å². The maximum absolute atomic E-state index is 12.1. The second kappa shape index (κ2) is 6.03. The summed E-state index contributed by atoms with van der Waals surface area (Å²) in [5, 5.41) is 3.83. The zero-order valence-corrected chi connectivity index (χ0v) is 13.1. The monoisotopic (exact) mass is 331 g/mol. The quantitative estimate of drug-likeness (QED) is 0.625. The van der Waals surface area contributed by atoms with Gasteiger partial charge < -0.3 is 9.57 Å². The number of carbonyl (C=O) groups is 1. The molecule has 0 N–H and O–H groups in total. The molecule has 0 aliphatic carbocycles. The van der Waals surface area contributed by atoms with Crippen LogP contribution in [0.15, 0.2) is 22.2 Å². The lowest BCUT2D eigenvalue weighted by Crippen LogP contribution is -2.23. The summed E-state index contributed by atoms with van der Waals surface area (Å²) in [7, 11) is -2.08. The van der Waals surface area contributed by atoms with Gasteiger partial charge in [0.2, 0.25) is 0 Å². The number of rotatable bonds is 3. The number of oxime groups is 1. The molecule has 0 saturated carbocycles. The van der Waals surface area contributed by atoms with Gasteiger partial charge in [0.15, 0.2) is 9.84 Å². The molecular formula is C13H14ClNO5S. The van der Waals surface area contributed by atoms with E-state index in [-0.39, 0.29) is 39.8 Å². The van der Waals surface area contributed by atoms with E-state index in [0.717, 1.165) is 0 Å². The maximum atomic E-state index is 12.1. The summed E-state index contributed by atoms with van der Waals surface area (Å²) in [5.41, 5.74) is 0.729. The van der Waals surface area contributed by atoms with Gasteiger partial charge in [0.1, 0.15) is 7.11 Å². The van der Waals surface area contributed by atoms with Gasteiger partial charge in [-0.05, 0) is 19.1 Å². The molecule has 0 bridgehead atoms. The molecule has 21 heavy (non-hydrogen) atoms. The molecule has 1 aliphatic rings. The predicted molar refractivity (Wildman–Crippen MR) is 77.6 cm³/mol. The van der Waals surface area contributed by atoms with Crippen molar-refractivity contribution in [3.63, 3.8) is 0 Å². The van der Waals surface area contributed by atoms with E-state index in [1.807, 2.05) is 0 Å². The summed E-state index contributed by atoms with van der Waals surface area (Å²) in [5.74, 6) is -0.679. The summed E-state index contributed by atoms with van der Waals surface area (Å²) >= 11 is 6.21. The van der Waals surface area contributed by atoms with Crippen molar-refractivity contribution in [2.75, 3.05) is 19.5 Å². The first-order chi connectivity index (χ1) is 9.92. The molecule has 0 spiro atoms. The Labute approximate surface area is 127 Å². The molecule has 8 heteroatoms. The number of hydrogen-bond acceptors (Lipinski definition) is 6. The normalized spacial score (nSPS) is 18.1. The molecule has 1 aromatic carbocycles. The highest BCUT2D eigenvalue weighted by atomic mass is 35.5. The van der Waals surface area contributed by atoms with Crippen LogP contribution in [-0.2, 0) is 19.4 Å². The zero-order valence-electron chi connectivity index (χ0n) is 11.6. The number of hydrogen-bond donors (Lipinski definition) is 0. The molecule has 2 rings (SSSR count). The van der Waals surface area contributed by atoms with Gasteiger partial charge in [-0.15, -0.1) is 0 Å². The molecule has 1 aliphatic heterocycles. The van der Waals surface area contributed by atoms with Gasteiger partial charge >= 0.3 is 5.97 Å². The van der Waals surface area contributed by atoms with E-state index in [0.29, 0.717) is 5.71 Å². The second-order valence-corrected chi connectivity index (χ2v) is 6.77. The smallest absolute Gasteiger partial charge is 0.339 e. The average molecular weight is 332 g/mol. The molecule has 0 unspecified atom stereocenters. The summed E-state index contributed by atoms with van der Waals surface area (Å²) in [6, 6.07) is 2.71. The SMILES string of the molecule is CCOC(=O)c1ccc2c(c1Cl)/C(=N/OC)CCS2(=O)=O. The van der Waals surface area contributed by atoms with Crippen LogP contribution < -0.4 is 0 Å². The van der Waals surface area contributed by atoms with Crippen molar-refractivity contribution in [3.8, 4) is 0 Å². The summed E-state index contributed by atoms with van der Waals surface area (Å²) < 4.78 is 29.1. The topological polar surface area (TPSA) is 82.0 Å². The van der Waals surface area contributed by atoms with Crippen LogP contribution in [0.1, 0.15) is 29.3 Å². The molecule has 0 atom stereocenters. The molecule has 1 heterocycles. The maximum Gasteiger partial charge on any atom is 0.339 e. The largest absolute Gasteiger partial charge is 0.462 e. The fraction of sp³-hybridized carbons (Fsp3) is 0.385. The lowest BCUT2D eigenvalue weighted by Gasteiger charge is -2.20. The number of fused-ring (bicyclic) bond motifs is 1. The number of esters is 1. The molecular weight excluding hydrogens is 318 g/mol. The number of nitrogens with zero attached hydrogens (tertiary/aromatic N) is 1. The van der Waals surface area contributed by atoms with Crippen LogP contribution in [0.2, 0.25) is 5.02 Å². The van der Waals surface area contributed by atoms with Crippen molar-refractivity contribution in [2.45, 2.75) is 18.2 Å². The Bertz CT molecular complexity index is 712. The van der Waals surface area contributed by atoms with Crippen LogP contribution in [0, 0.1) is 0 Å². The lowest BCUT2D eigenvalue weighted by atomic mass is 10.0. The Kier molecular flexibility index (Phi) is 4.53. The van der Waals surface area contributed by atoms with Gasteiger partial charge in [-0.25, -0.2) is 13.2 Å². The van der Waals surface area contributed by atoms with E-state index in [9.17, 15) is 13.2 Å². The fourth-order valence-corrected chi connectivity index (χ4v) is 4.02. The van der Waals surface area contributed by atoms with Crippen molar-refractivity contribution in [3.05, 3.63) is 28.3 Å². The van der Waals surface area contributed by atoms with E-state index in [1.165, 1.54) is 19.2 Å². The molecule has 6 nitrogen and oxygen atoms in total. The Morgan fingerprint density at radius 1 is 1.43 bits per heavy atom. The third kappa shape index (κ3) is 2.89. The van der Waals surface area contributed by atoms with Gasteiger partial charge in [0.05, 0.1) is 33.6 Å². The highest BCUT2D eigenvalue weighted by Crippen LogP contribution is 2.34. The van der Waals surface area contributed by atoms with Crippen LogP contribution in [0.5, 0.6) is 0 Å². The number of ether oxygens (including phenoxy) is 1. The van der Waals surface area contributed by atoms with Crippen LogP contribution in [0.25, 0.3) is 0 Å². The van der Waals surface area contributed by atoms with Crippen molar-refractivity contribution < 1.29 is 22.8 Å². The van der Waals surface area contributed by atoms with Crippen molar-refractivity contribution >= 4 is 33.1 Å². The zero-order chi connectivity index (χ0) is 15.6. The molecule has 0 aromatic heterocycles. The van der Waals surface area contributed by atoms with Gasteiger partial charge in [-0.3, -0.25) is 0 Å². The molecule has 0 fully saturated rings. The van der Waals surface area contributed by atoms with Crippen molar-refractivity contribution in [1.82, 2.24) is 0 Å². The lowest BCUT2D eigenvalue weighted by molar-refractivity contribution is 0.0526. The average Bonchev–Trinajstić information content (AvgIpc) is 2.42. The van der Waals surface area contributed by atoms with E-state index in [1.54, 1.807) is 6.92 Å². The number of benzene rings is 1. The minimum atomic E-state index is -3.44. The molecule has 0 saturated heterocycles. The standard InChI is InChI=1S/C13H14ClNO5S/c1-3-20-13(16)8-4-5-10-11(12(8)14)9(15-19-2)6-7-21(10,17)18/h4-5H,3,6-7H2,1-2H3/b15-9+. The first-order valence-electron chi connectivity index (χ1n) is 6.25. The number of carbonyl (C=O) groups excluding carboxylic acids is 1. The Hall–Kier alpha value is -1.60. The Morgan fingerprint density at radius 3 is 2.76 bits per heavy atom. The summed E-state index contributed by atoms with van der Waals surface area (Å²) in [4.78, 5) is 16.6. The molecule has 0 amide bonds. The highest BCUT2D eigenvalue weighted by molar-refractivity contribution is 7.91. The molecule has 0 radical (unpaired) electrons. The van der Waals surface area contributed by atoms with Crippen LogP contribution >= 0.6 is 11.6 Å². The van der Waals surface area contributed by atoms with Crippen LogP contribution in [0.4, 0.5) is 0 Å². The first kappa shape index (κ1) is 15.8. The van der Waals surface area contributed by atoms with Crippen LogP contribution in [-0.4, -0.2) is 39.6 Å². The summed E-state index contributed by atoms with van der Waals surface area (Å²) in [6.07, 6.45) is 0.176. The minimum absolute atomic E-state index is 0.0185. The fourth-order valence-electron chi connectivity index (χ4n) is 2.12. The van der Waals surface area contributed by atoms with E-state index in [4.69, 9.17) is 21.2 Å². The van der Waals surface area contributed by atoms with Gasteiger partial charge in [0, 0.05) is 12.0 Å². The van der Waals surface area contributed by atoms with Gasteiger partial charge in [0.25, 0.3) is 0 Å². The second-order valence-electron chi connectivity index (χ2n) is 4.31. The number of halogens is 1. The van der Waals surface area contributed by atoms with E-state index >= 15 is 0 Å². The van der Waals surface area contributed by atoms with Crippen molar-refractivity contribution in [2.24, 2.45) is 5.16 Å². The number of sulfone groups is 1. The van der Waals surface area contributed by atoms with E-state index in [2.05, 4.69) is 5.16 Å². The third-order valence-corrected chi connectivity index (χ3v) is 5.18. The molecule has 114 valence electrons. The predicted octanol–water partition coefficient (Wildman–Crippen LogP) is 2.04. The first-order valence-corrected chi connectivity index (χ1v) is 8.28. The Balaban J connectivity index is 2.68. The third-order valence-electron chi connectivity index (χ3n) is 3.03.